The largest absolute Gasteiger partial charge is 0.342 e. The maximum atomic E-state index is 12.7. The number of allylic oxidation sites excluding steroid dienone is 1. The minimum atomic E-state index is -0.247. The van der Waals surface area contributed by atoms with Crippen LogP contribution in [0.3, 0.4) is 0 Å². The molecule has 0 spiro atoms. The van der Waals surface area contributed by atoms with E-state index in [1.165, 1.54) is 30.4 Å². The van der Waals surface area contributed by atoms with E-state index < -0.39 is 0 Å². The van der Waals surface area contributed by atoms with Crippen molar-refractivity contribution in [2.75, 3.05) is 18.4 Å². The average Bonchev–Trinajstić information content (AvgIpc) is 2.98. The summed E-state index contributed by atoms with van der Waals surface area (Å²) in [6.07, 6.45) is 8.50. The first-order valence-electron chi connectivity index (χ1n) is 9.78. The quantitative estimate of drug-likeness (QED) is 0.802. The maximum Gasteiger partial charge on any atom is 0.229 e. The molecule has 2 aliphatic rings. The Morgan fingerprint density at radius 2 is 1.92 bits per heavy atom. The van der Waals surface area contributed by atoms with Gasteiger partial charge < -0.3 is 10.2 Å². The number of carbonyl (C=O) groups is 2. The average molecular weight is 354 g/mol. The summed E-state index contributed by atoms with van der Waals surface area (Å²) in [4.78, 5) is 26.9. The van der Waals surface area contributed by atoms with Gasteiger partial charge >= 0.3 is 0 Å². The zero-order valence-corrected chi connectivity index (χ0v) is 16.2. The summed E-state index contributed by atoms with van der Waals surface area (Å²) in [6.45, 7) is 7.37. The van der Waals surface area contributed by atoms with Gasteiger partial charge in [-0.05, 0) is 64.0 Å². The minimum Gasteiger partial charge on any atom is -0.342 e. The lowest BCUT2D eigenvalue weighted by Gasteiger charge is -2.19. The van der Waals surface area contributed by atoms with E-state index in [4.69, 9.17) is 0 Å². The van der Waals surface area contributed by atoms with Crippen LogP contribution < -0.4 is 5.32 Å². The SMILES string of the molecule is Cc1cc(C)c(NC(=O)C2CC(=O)N(CCC3=CCCCC3)C2)c(C)c1. The Kier molecular flexibility index (Phi) is 5.80. The van der Waals surface area contributed by atoms with Crippen molar-refractivity contribution in [1.29, 1.82) is 0 Å². The molecule has 1 atom stereocenters. The summed E-state index contributed by atoms with van der Waals surface area (Å²) in [6, 6.07) is 4.15. The van der Waals surface area contributed by atoms with E-state index in [0.717, 1.165) is 36.2 Å². The number of anilines is 1. The fourth-order valence-corrected chi connectivity index (χ4v) is 4.18. The maximum absolute atomic E-state index is 12.7. The third-order valence-corrected chi connectivity index (χ3v) is 5.60. The van der Waals surface area contributed by atoms with Gasteiger partial charge in [-0.15, -0.1) is 0 Å². The van der Waals surface area contributed by atoms with E-state index >= 15 is 0 Å². The molecule has 0 saturated carbocycles. The molecule has 1 unspecified atom stereocenters. The van der Waals surface area contributed by atoms with Gasteiger partial charge in [0, 0.05) is 25.2 Å². The van der Waals surface area contributed by atoms with Crippen LogP contribution in [-0.4, -0.2) is 29.8 Å². The molecule has 1 N–H and O–H groups in total. The molecule has 0 radical (unpaired) electrons. The van der Waals surface area contributed by atoms with E-state index in [1.807, 2.05) is 18.7 Å². The molecule has 1 fully saturated rings. The van der Waals surface area contributed by atoms with E-state index in [0.29, 0.717) is 13.0 Å². The molecule has 1 heterocycles. The van der Waals surface area contributed by atoms with Crippen LogP contribution in [0, 0.1) is 26.7 Å². The van der Waals surface area contributed by atoms with Gasteiger partial charge in [-0.1, -0.05) is 29.3 Å². The second-order valence-corrected chi connectivity index (χ2v) is 7.86. The predicted molar refractivity (Wildman–Crippen MR) is 105 cm³/mol. The van der Waals surface area contributed by atoms with Crippen molar-refractivity contribution in [3.05, 3.63) is 40.5 Å². The van der Waals surface area contributed by atoms with Gasteiger partial charge in [0.05, 0.1) is 5.92 Å². The van der Waals surface area contributed by atoms with Crippen molar-refractivity contribution < 1.29 is 9.59 Å². The van der Waals surface area contributed by atoms with Crippen LogP contribution in [0.2, 0.25) is 0 Å². The van der Waals surface area contributed by atoms with Crippen molar-refractivity contribution in [1.82, 2.24) is 4.90 Å². The number of nitrogens with zero attached hydrogens (tertiary/aromatic N) is 1. The summed E-state index contributed by atoms with van der Waals surface area (Å²) >= 11 is 0. The molecule has 3 rings (SSSR count). The fraction of sp³-hybridized carbons (Fsp3) is 0.545. The Morgan fingerprint density at radius 1 is 1.19 bits per heavy atom. The molecule has 0 bridgehead atoms. The first-order valence-corrected chi connectivity index (χ1v) is 9.78. The molecule has 1 aromatic carbocycles. The molecular weight excluding hydrogens is 324 g/mol. The Balaban J connectivity index is 1.58. The first kappa shape index (κ1) is 18.7. The van der Waals surface area contributed by atoms with E-state index in [9.17, 15) is 9.59 Å². The lowest BCUT2D eigenvalue weighted by Crippen LogP contribution is -2.29. The highest BCUT2D eigenvalue weighted by Crippen LogP contribution is 2.26. The van der Waals surface area contributed by atoms with Crippen molar-refractivity contribution in [3.8, 4) is 0 Å². The van der Waals surface area contributed by atoms with Gasteiger partial charge in [0.25, 0.3) is 0 Å². The number of hydrogen-bond acceptors (Lipinski definition) is 2. The highest BCUT2D eigenvalue weighted by atomic mass is 16.2. The second-order valence-electron chi connectivity index (χ2n) is 7.86. The monoisotopic (exact) mass is 354 g/mol. The van der Waals surface area contributed by atoms with Crippen molar-refractivity contribution in [2.24, 2.45) is 5.92 Å². The number of likely N-dealkylation sites (tertiary alicyclic amines) is 1. The van der Waals surface area contributed by atoms with Crippen LogP contribution in [-0.2, 0) is 9.59 Å². The normalized spacial score (nSPS) is 20.3. The summed E-state index contributed by atoms with van der Waals surface area (Å²) in [7, 11) is 0. The molecule has 1 aromatic rings. The molecule has 26 heavy (non-hydrogen) atoms. The van der Waals surface area contributed by atoms with Gasteiger partial charge in [0.15, 0.2) is 0 Å². The van der Waals surface area contributed by atoms with Crippen LogP contribution in [0.5, 0.6) is 0 Å². The number of aryl methyl sites for hydroxylation is 3. The molecular formula is C22H30N2O2. The Hall–Kier alpha value is -2.10. The van der Waals surface area contributed by atoms with Crippen molar-refractivity contribution in [2.45, 2.75) is 59.3 Å². The zero-order chi connectivity index (χ0) is 18.7. The number of amides is 2. The molecule has 0 aromatic heterocycles. The van der Waals surface area contributed by atoms with Gasteiger partial charge in [0.1, 0.15) is 0 Å². The third kappa shape index (κ3) is 4.35. The minimum absolute atomic E-state index is 0.0345. The van der Waals surface area contributed by atoms with Crippen molar-refractivity contribution >= 4 is 17.5 Å². The number of benzene rings is 1. The summed E-state index contributed by atoms with van der Waals surface area (Å²) < 4.78 is 0. The summed E-state index contributed by atoms with van der Waals surface area (Å²) in [5, 5.41) is 3.07. The van der Waals surface area contributed by atoms with Gasteiger partial charge in [-0.25, -0.2) is 0 Å². The lowest BCUT2D eigenvalue weighted by atomic mass is 9.97. The van der Waals surface area contributed by atoms with Crippen LogP contribution in [0.4, 0.5) is 5.69 Å². The topological polar surface area (TPSA) is 49.4 Å². The standard InChI is InChI=1S/C22H30N2O2/c1-15-11-16(2)21(17(3)12-15)23-22(26)19-13-20(25)24(14-19)10-9-18-7-5-4-6-8-18/h7,11-12,19H,4-6,8-10,13-14H2,1-3H3,(H,23,26). The number of rotatable bonds is 5. The molecule has 1 aliphatic heterocycles. The summed E-state index contributed by atoms with van der Waals surface area (Å²) in [5.41, 5.74) is 5.70. The third-order valence-electron chi connectivity index (χ3n) is 5.60. The van der Waals surface area contributed by atoms with Gasteiger partial charge in [-0.2, -0.15) is 0 Å². The molecule has 4 heteroatoms. The van der Waals surface area contributed by atoms with E-state index in [1.54, 1.807) is 0 Å². The summed E-state index contributed by atoms with van der Waals surface area (Å²) in [5.74, 6) is -0.172. The molecule has 4 nitrogen and oxygen atoms in total. The van der Waals surface area contributed by atoms with Crippen LogP contribution in [0.1, 0.15) is 55.2 Å². The number of hydrogen-bond donors (Lipinski definition) is 1. The van der Waals surface area contributed by atoms with Gasteiger partial charge in [-0.3, -0.25) is 9.59 Å². The van der Waals surface area contributed by atoms with Crippen LogP contribution >= 0.6 is 0 Å². The fourth-order valence-electron chi connectivity index (χ4n) is 4.18. The van der Waals surface area contributed by atoms with E-state index in [-0.39, 0.29) is 17.7 Å². The lowest BCUT2D eigenvalue weighted by molar-refractivity contribution is -0.128. The molecule has 1 saturated heterocycles. The highest BCUT2D eigenvalue weighted by molar-refractivity contribution is 5.98. The second kappa shape index (κ2) is 8.07. The smallest absolute Gasteiger partial charge is 0.229 e. The molecule has 1 aliphatic carbocycles. The van der Waals surface area contributed by atoms with Gasteiger partial charge in [0.2, 0.25) is 11.8 Å². The zero-order valence-electron chi connectivity index (χ0n) is 16.2. The van der Waals surface area contributed by atoms with Crippen LogP contribution in [0.15, 0.2) is 23.8 Å². The van der Waals surface area contributed by atoms with Crippen LogP contribution in [0.25, 0.3) is 0 Å². The Bertz CT molecular complexity index is 713. The number of nitrogens with one attached hydrogen (secondary N) is 1. The Morgan fingerprint density at radius 3 is 2.58 bits per heavy atom. The Labute approximate surface area is 156 Å². The highest BCUT2D eigenvalue weighted by Gasteiger charge is 2.34. The predicted octanol–water partition coefficient (Wildman–Crippen LogP) is 4.29. The van der Waals surface area contributed by atoms with Crippen molar-refractivity contribution in [3.63, 3.8) is 0 Å². The molecule has 140 valence electrons. The number of carbonyl (C=O) groups excluding carboxylic acids is 2. The first-order chi connectivity index (χ1) is 12.4. The van der Waals surface area contributed by atoms with E-state index in [2.05, 4.69) is 30.4 Å². The molecule has 2 amide bonds.